The van der Waals surface area contributed by atoms with Gasteiger partial charge < -0.3 is 20.0 Å². The van der Waals surface area contributed by atoms with Gasteiger partial charge >= 0.3 is 5.97 Å². The van der Waals surface area contributed by atoms with Crippen molar-refractivity contribution in [2.24, 2.45) is 0 Å². The Bertz CT molecular complexity index is 989. The first kappa shape index (κ1) is 20.0. The largest absolute Gasteiger partial charge is 0.481 e. The van der Waals surface area contributed by atoms with Crippen LogP contribution in [0.25, 0.3) is 0 Å². The molecule has 0 aliphatic carbocycles. The van der Waals surface area contributed by atoms with E-state index in [1.54, 1.807) is 0 Å². The SMILES string of the molecule is O=C(O)CC1CN(c2ccc(N(CCO)Cc3ccccc3)cc2)c2ccccc21. The zero-order chi connectivity index (χ0) is 20.9. The summed E-state index contributed by atoms with van der Waals surface area (Å²) >= 11 is 0. The fraction of sp³-hybridized carbons (Fsp3) is 0.240. The first-order valence-electron chi connectivity index (χ1n) is 10.2. The molecule has 0 bridgehead atoms. The van der Waals surface area contributed by atoms with E-state index in [1.165, 1.54) is 5.56 Å². The standard InChI is InChI=1S/C25H26N2O3/c28-15-14-26(17-19-6-2-1-3-7-19)21-10-12-22(13-11-21)27-18-20(16-25(29)30)23-8-4-5-9-24(23)27/h1-13,20,28H,14-18H2,(H,29,30). The lowest BCUT2D eigenvalue weighted by Crippen LogP contribution is -2.26. The molecule has 0 spiro atoms. The monoisotopic (exact) mass is 402 g/mol. The van der Waals surface area contributed by atoms with Gasteiger partial charge in [0.25, 0.3) is 0 Å². The van der Waals surface area contributed by atoms with Crippen LogP contribution in [-0.2, 0) is 11.3 Å². The van der Waals surface area contributed by atoms with Gasteiger partial charge in [0.1, 0.15) is 0 Å². The summed E-state index contributed by atoms with van der Waals surface area (Å²) in [5.74, 6) is -0.782. The number of anilines is 3. The number of aliphatic hydroxyl groups excluding tert-OH is 1. The highest BCUT2D eigenvalue weighted by Gasteiger charge is 2.30. The van der Waals surface area contributed by atoms with Crippen molar-refractivity contribution < 1.29 is 15.0 Å². The third-order valence-electron chi connectivity index (χ3n) is 5.60. The molecule has 0 amide bonds. The molecule has 5 heteroatoms. The summed E-state index contributed by atoms with van der Waals surface area (Å²) in [6.45, 7) is 2.04. The molecule has 1 aliphatic rings. The highest BCUT2D eigenvalue weighted by atomic mass is 16.4. The lowest BCUT2D eigenvalue weighted by atomic mass is 9.98. The number of carbonyl (C=O) groups is 1. The second-order valence-electron chi connectivity index (χ2n) is 7.61. The van der Waals surface area contributed by atoms with E-state index in [2.05, 4.69) is 52.3 Å². The molecule has 0 saturated heterocycles. The summed E-state index contributed by atoms with van der Waals surface area (Å²) in [6.07, 6.45) is 0.132. The van der Waals surface area contributed by atoms with Crippen molar-refractivity contribution in [1.29, 1.82) is 0 Å². The van der Waals surface area contributed by atoms with Crippen molar-refractivity contribution in [1.82, 2.24) is 0 Å². The predicted molar refractivity (Wildman–Crippen MR) is 119 cm³/mol. The molecule has 3 aromatic carbocycles. The minimum atomic E-state index is -0.771. The molecule has 5 nitrogen and oxygen atoms in total. The summed E-state index contributed by atoms with van der Waals surface area (Å²) in [4.78, 5) is 15.6. The lowest BCUT2D eigenvalue weighted by molar-refractivity contribution is -0.137. The lowest BCUT2D eigenvalue weighted by Gasteiger charge is -2.26. The quantitative estimate of drug-likeness (QED) is 0.585. The molecule has 0 radical (unpaired) electrons. The number of para-hydroxylation sites is 1. The normalized spacial score (nSPS) is 15.1. The Kier molecular flexibility index (Phi) is 6.00. The van der Waals surface area contributed by atoms with Gasteiger partial charge in [0.2, 0.25) is 0 Å². The van der Waals surface area contributed by atoms with Crippen LogP contribution >= 0.6 is 0 Å². The molecule has 1 heterocycles. The van der Waals surface area contributed by atoms with Gasteiger partial charge in [-0.1, -0.05) is 48.5 Å². The van der Waals surface area contributed by atoms with Gasteiger partial charge in [0.15, 0.2) is 0 Å². The van der Waals surface area contributed by atoms with Crippen LogP contribution in [0, 0.1) is 0 Å². The Balaban J connectivity index is 1.56. The first-order chi connectivity index (χ1) is 14.7. The van der Waals surface area contributed by atoms with Gasteiger partial charge in [-0.2, -0.15) is 0 Å². The molecule has 2 N–H and O–H groups in total. The molecule has 4 rings (SSSR count). The topological polar surface area (TPSA) is 64.0 Å². The number of hydrogen-bond acceptors (Lipinski definition) is 4. The van der Waals surface area contributed by atoms with Crippen LogP contribution in [0.5, 0.6) is 0 Å². The average Bonchev–Trinajstić information content (AvgIpc) is 3.12. The molecule has 3 aromatic rings. The average molecular weight is 402 g/mol. The number of benzene rings is 3. The van der Waals surface area contributed by atoms with Crippen LogP contribution in [0.3, 0.4) is 0 Å². The first-order valence-corrected chi connectivity index (χ1v) is 10.2. The maximum atomic E-state index is 11.3. The van der Waals surface area contributed by atoms with Gasteiger partial charge in [-0.15, -0.1) is 0 Å². The zero-order valence-electron chi connectivity index (χ0n) is 16.8. The number of aliphatic hydroxyl groups is 1. The van der Waals surface area contributed by atoms with E-state index in [0.29, 0.717) is 13.1 Å². The fourth-order valence-electron chi connectivity index (χ4n) is 4.19. The number of fused-ring (bicyclic) bond motifs is 1. The van der Waals surface area contributed by atoms with Crippen molar-refractivity contribution in [3.05, 3.63) is 90.0 Å². The number of hydrogen-bond donors (Lipinski definition) is 2. The van der Waals surface area contributed by atoms with Crippen molar-refractivity contribution in [2.45, 2.75) is 18.9 Å². The smallest absolute Gasteiger partial charge is 0.304 e. The number of rotatable bonds is 8. The molecule has 154 valence electrons. The van der Waals surface area contributed by atoms with Crippen LogP contribution in [0.4, 0.5) is 17.1 Å². The minimum Gasteiger partial charge on any atom is -0.481 e. The highest BCUT2D eigenvalue weighted by Crippen LogP contribution is 2.42. The molecular weight excluding hydrogens is 376 g/mol. The molecule has 0 fully saturated rings. The van der Waals surface area contributed by atoms with Crippen LogP contribution in [0.1, 0.15) is 23.5 Å². The molecular formula is C25H26N2O3. The van der Waals surface area contributed by atoms with E-state index in [-0.39, 0.29) is 18.9 Å². The van der Waals surface area contributed by atoms with Gasteiger partial charge in [-0.3, -0.25) is 4.79 Å². The Hall–Kier alpha value is -3.31. The van der Waals surface area contributed by atoms with Gasteiger partial charge in [-0.25, -0.2) is 0 Å². The van der Waals surface area contributed by atoms with E-state index < -0.39 is 5.97 Å². The van der Waals surface area contributed by atoms with E-state index in [4.69, 9.17) is 0 Å². The van der Waals surface area contributed by atoms with Crippen LogP contribution in [-0.4, -0.2) is 35.9 Å². The maximum Gasteiger partial charge on any atom is 0.304 e. The molecule has 0 saturated carbocycles. The summed E-state index contributed by atoms with van der Waals surface area (Å²) in [6, 6.07) is 26.5. The zero-order valence-corrected chi connectivity index (χ0v) is 16.8. The molecule has 30 heavy (non-hydrogen) atoms. The van der Waals surface area contributed by atoms with Crippen molar-refractivity contribution >= 4 is 23.0 Å². The summed E-state index contributed by atoms with van der Waals surface area (Å²) in [5, 5.41) is 18.8. The third-order valence-corrected chi connectivity index (χ3v) is 5.60. The molecule has 1 atom stereocenters. The summed E-state index contributed by atoms with van der Waals surface area (Å²) < 4.78 is 0. The highest BCUT2D eigenvalue weighted by molar-refractivity contribution is 5.75. The van der Waals surface area contributed by atoms with Crippen LogP contribution < -0.4 is 9.80 Å². The van der Waals surface area contributed by atoms with Gasteiger partial charge in [-0.05, 0) is 41.5 Å². The van der Waals surface area contributed by atoms with Crippen LogP contribution in [0.2, 0.25) is 0 Å². The minimum absolute atomic E-state index is 0.0117. The summed E-state index contributed by atoms with van der Waals surface area (Å²) in [7, 11) is 0. The van der Waals surface area contributed by atoms with Crippen LogP contribution in [0.15, 0.2) is 78.9 Å². The Morgan fingerprint density at radius 2 is 1.67 bits per heavy atom. The number of aliphatic carboxylic acids is 1. The van der Waals surface area contributed by atoms with Crippen molar-refractivity contribution in [3.8, 4) is 0 Å². The summed E-state index contributed by atoms with van der Waals surface area (Å²) in [5.41, 5.74) is 5.46. The van der Waals surface area contributed by atoms with Gasteiger partial charge in [0.05, 0.1) is 13.0 Å². The van der Waals surface area contributed by atoms with E-state index in [9.17, 15) is 15.0 Å². The molecule has 1 aliphatic heterocycles. The second-order valence-corrected chi connectivity index (χ2v) is 7.61. The Morgan fingerprint density at radius 1 is 0.967 bits per heavy atom. The second kappa shape index (κ2) is 9.01. The number of nitrogens with zero attached hydrogens (tertiary/aromatic N) is 2. The van der Waals surface area contributed by atoms with Crippen molar-refractivity contribution in [2.75, 3.05) is 29.5 Å². The maximum absolute atomic E-state index is 11.3. The predicted octanol–water partition coefficient (Wildman–Crippen LogP) is 4.40. The van der Waals surface area contributed by atoms with E-state index >= 15 is 0 Å². The Morgan fingerprint density at radius 3 is 2.37 bits per heavy atom. The fourth-order valence-corrected chi connectivity index (χ4v) is 4.19. The van der Waals surface area contributed by atoms with E-state index in [0.717, 1.165) is 29.2 Å². The Labute approximate surface area is 176 Å². The third kappa shape index (κ3) is 4.31. The number of carboxylic acid groups (broad SMARTS) is 1. The number of carboxylic acids is 1. The molecule has 0 aromatic heterocycles. The van der Waals surface area contributed by atoms with Gasteiger partial charge in [0, 0.05) is 42.6 Å². The van der Waals surface area contributed by atoms with Crippen molar-refractivity contribution in [3.63, 3.8) is 0 Å². The molecule has 1 unspecified atom stereocenters. The van der Waals surface area contributed by atoms with E-state index in [1.807, 2.05) is 36.4 Å².